The molecule has 24 heavy (non-hydrogen) atoms. The monoisotopic (exact) mass is 347 g/mol. The van der Waals surface area contributed by atoms with Crippen LogP contribution in [0.15, 0.2) is 48.4 Å². The molecule has 0 aliphatic carbocycles. The van der Waals surface area contributed by atoms with Gasteiger partial charge in [-0.25, -0.2) is 4.79 Å². The largest absolute Gasteiger partial charge is 0.497 e. The van der Waals surface area contributed by atoms with Crippen LogP contribution in [0.4, 0.5) is 10.5 Å². The summed E-state index contributed by atoms with van der Waals surface area (Å²) in [6, 6.07) is 6.17. The highest BCUT2D eigenvalue weighted by molar-refractivity contribution is 7.99. The molecular weight excluding hydrogens is 330 g/mol. The van der Waals surface area contributed by atoms with E-state index >= 15 is 0 Å². The molecule has 0 aliphatic rings. The van der Waals surface area contributed by atoms with E-state index in [0.29, 0.717) is 23.1 Å². The van der Waals surface area contributed by atoms with Crippen LogP contribution >= 0.6 is 11.8 Å². The number of hydrogen-bond acceptors (Lipinski definition) is 6. The Labute approximate surface area is 143 Å². The SMILES string of the molecule is C=CCn1cnnc1SCC(=O)NC(=O)Nc1ccc(OC)cc1. The molecule has 0 fully saturated rings. The lowest BCUT2D eigenvalue weighted by Gasteiger charge is -2.07. The number of ether oxygens (including phenoxy) is 1. The lowest BCUT2D eigenvalue weighted by Crippen LogP contribution is -2.35. The third-order valence-electron chi connectivity index (χ3n) is 2.84. The van der Waals surface area contributed by atoms with E-state index in [1.807, 2.05) is 0 Å². The molecule has 1 aromatic heterocycles. The average Bonchev–Trinajstić information content (AvgIpc) is 3.01. The standard InChI is InChI=1S/C15H17N5O3S/c1-3-8-20-10-16-19-15(20)24-9-13(21)18-14(22)17-11-4-6-12(23-2)7-5-11/h3-7,10H,1,8-9H2,2H3,(H2,17,18,21,22). The lowest BCUT2D eigenvalue weighted by molar-refractivity contribution is -0.117. The second-order valence-electron chi connectivity index (χ2n) is 4.57. The van der Waals surface area contributed by atoms with Gasteiger partial charge < -0.3 is 14.6 Å². The van der Waals surface area contributed by atoms with Crippen molar-refractivity contribution in [2.45, 2.75) is 11.7 Å². The predicted octanol–water partition coefficient (Wildman–Crippen LogP) is 1.91. The smallest absolute Gasteiger partial charge is 0.325 e. The minimum Gasteiger partial charge on any atom is -0.497 e. The van der Waals surface area contributed by atoms with Crippen molar-refractivity contribution in [1.29, 1.82) is 0 Å². The van der Waals surface area contributed by atoms with Gasteiger partial charge in [0.05, 0.1) is 12.9 Å². The van der Waals surface area contributed by atoms with Gasteiger partial charge in [0.1, 0.15) is 12.1 Å². The first-order valence-corrected chi connectivity index (χ1v) is 7.97. The van der Waals surface area contributed by atoms with E-state index < -0.39 is 11.9 Å². The fourth-order valence-electron chi connectivity index (χ4n) is 1.75. The number of methoxy groups -OCH3 is 1. The molecule has 0 saturated heterocycles. The molecule has 0 aliphatic heterocycles. The number of hydrogen-bond donors (Lipinski definition) is 2. The number of urea groups is 1. The molecule has 0 radical (unpaired) electrons. The van der Waals surface area contributed by atoms with Crippen molar-refractivity contribution in [3.63, 3.8) is 0 Å². The Kier molecular flexibility index (Phi) is 6.38. The summed E-state index contributed by atoms with van der Waals surface area (Å²) in [5.74, 6) is 0.294. The number of allylic oxidation sites excluding steroid dienone is 1. The molecule has 2 N–H and O–H groups in total. The maximum absolute atomic E-state index is 11.8. The fraction of sp³-hybridized carbons (Fsp3) is 0.200. The van der Waals surface area contributed by atoms with Gasteiger partial charge in [0.2, 0.25) is 5.91 Å². The van der Waals surface area contributed by atoms with Crippen LogP contribution < -0.4 is 15.4 Å². The van der Waals surface area contributed by atoms with Crippen molar-refractivity contribution in [2.24, 2.45) is 0 Å². The second kappa shape index (κ2) is 8.73. The zero-order chi connectivity index (χ0) is 17.4. The Hall–Kier alpha value is -2.81. The molecular formula is C15H17N5O3S. The fourth-order valence-corrected chi connectivity index (χ4v) is 2.47. The van der Waals surface area contributed by atoms with Gasteiger partial charge in [-0.15, -0.1) is 16.8 Å². The Balaban J connectivity index is 1.79. The Morgan fingerprint density at radius 3 is 2.79 bits per heavy atom. The molecule has 3 amide bonds. The summed E-state index contributed by atoms with van der Waals surface area (Å²) in [5, 5.41) is 13.1. The van der Waals surface area contributed by atoms with Crippen LogP contribution in [0, 0.1) is 0 Å². The molecule has 2 rings (SSSR count). The van der Waals surface area contributed by atoms with Crippen molar-refractivity contribution >= 4 is 29.4 Å². The Morgan fingerprint density at radius 2 is 2.12 bits per heavy atom. The van der Waals surface area contributed by atoms with Crippen LogP contribution in [0.2, 0.25) is 0 Å². The van der Waals surface area contributed by atoms with Crippen molar-refractivity contribution in [3.8, 4) is 5.75 Å². The number of nitrogens with zero attached hydrogens (tertiary/aromatic N) is 3. The highest BCUT2D eigenvalue weighted by Crippen LogP contribution is 2.15. The van der Waals surface area contributed by atoms with Gasteiger partial charge in [-0.1, -0.05) is 17.8 Å². The van der Waals surface area contributed by atoms with Crippen molar-refractivity contribution < 1.29 is 14.3 Å². The minimum atomic E-state index is -0.599. The zero-order valence-corrected chi connectivity index (χ0v) is 13.9. The number of carbonyl (C=O) groups excluding carboxylic acids is 2. The zero-order valence-electron chi connectivity index (χ0n) is 13.1. The van der Waals surface area contributed by atoms with Gasteiger partial charge in [-0.2, -0.15) is 0 Å². The van der Waals surface area contributed by atoms with Crippen molar-refractivity contribution in [2.75, 3.05) is 18.2 Å². The molecule has 1 aromatic carbocycles. The van der Waals surface area contributed by atoms with E-state index in [1.54, 1.807) is 48.3 Å². The van der Waals surface area contributed by atoms with Gasteiger partial charge in [0.25, 0.3) is 0 Å². The lowest BCUT2D eigenvalue weighted by atomic mass is 10.3. The topological polar surface area (TPSA) is 98.1 Å². The molecule has 0 unspecified atom stereocenters. The quantitative estimate of drug-likeness (QED) is 0.586. The molecule has 0 bridgehead atoms. The number of amides is 3. The first-order valence-electron chi connectivity index (χ1n) is 6.98. The second-order valence-corrected chi connectivity index (χ2v) is 5.52. The summed E-state index contributed by atoms with van der Waals surface area (Å²) < 4.78 is 6.78. The van der Waals surface area contributed by atoms with Crippen LogP contribution in [-0.2, 0) is 11.3 Å². The van der Waals surface area contributed by atoms with Crippen LogP contribution in [0.1, 0.15) is 0 Å². The average molecular weight is 347 g/mol. The summed E-state index contributed by atoms with van der Waals surface area (Å²) in [6.07, 6.45) is 3.26. The highest BCUT2D eigenvalue weighted by atomic mass is 32.2. The summed E-state index contributed by atoms with van der Waals surface area (Å²) in [5.41, 5.74) is 0.555. The molecule has 2 aromatic rings. The number of imide groups is 1. The maximum atomic E-state index is 11.8. The molecule has 9 heteroatoms. The molecule has 8 nitrogen and oxygen atoms in total. The van der Waals surface area contributed by atoms with Gasteiger partial charge >= 0.3 is 6.03 Å². The van der Waals surface area contributed by atoms with Crippen LogP contribution in [0.25, 0.3) is 0 Å². The number of carbonyl (C=O) groups is 2. The van der Waals surface area contributed by atoms with E-state index in [9.17, 15) is 9.59 Å². The third kappa shape index (κ3) is 5.13. The normalized spacial score (nSPS) is 10.0. The van der Waals surface area contributed by atoms with Crippen LogP contribution in [-0.4, -0.2) is 39.6 Å². The molecule has 0 spiro atoms. The number of aromatic nitrogens is 3. The van der Waals surface area contributed by atoms with E-state index in [2.05, 4.69) is 27.4 Å². The number of benzene rings is 1. The summed E-state index contributed by atoms with van der Waals surface area (Å²) in [4.78, 5) is 23.6. The van der Waals surface area contributed by atoms with Crippen LogP contribution in [0.5, 0.6) is 5.75 Å². The van der Waals surface area contributed by atoms with E-state index in [4.69, 9.17) is 4.74 Å². The maximum Gasteiger partial charge on any atom is 0.325 e. The van der Waals surface area contributed by atoms with E-state index in [0.717, 1.165) is 0 Å². The van der Waals surface area contributed by atoms with Gasteiger partial charge in [-0.05, 0) is 24.3 Å². The minimum absolute atomic E-state index is 0.0475. The number of thioether (sulfide) groups is 1. The third-order valence-corrected chi connectivity index (χ3v) is 3.82. The van der Waals surface area contributed by atoms with E-state index in [1.165, 1.54) is 11.8 Å². The van der Waals surface area contributed by atoms with Crippen LogP contribution in [0.3, 0.4) is 0 Å². The first kappa shape index (κ1) is 17.5. The van der Waals surface area contributed by atoms with Crippen molar-refractivity contribution in [1.82, 2.24) is 20.1 Å². The number of anilines is 1. The molecule has 0 atom stereocenters. The molecule has 126 valence electrons. The Morgan fingerprint density at radius 1 is 1.38 bits per heavy atom. The Bertz CT molecular complexity index is 714. The highest BCUT2D eigenvalue weighted by Gasteiger charge is 2.11. The van der Waals surface area contributed by atoms with Gasteiger partial charge in [0, 0.05) is 12.2 Å². The summed E-state index contributed by atoms with van der Waals surface area (Å²) in [6.45, 7) is 4.19. The van der Waals surface area contributed by atoms with Gasteiger partial charge in [0.15, 0.2) is 5.16 Å². The first-order chi connectivity index (χ1) is 11.6. The van der Waals surface area contributed by atoms with Gasteiger partial charge in [-0.3, -0.25) is 10.1 Å². The summed E-state index contributed by atoms with van der Waals surface area (Å²) >= 11 is 1.19. The molecule has 0 saturated carbocycles. The number of nitrogens with one attached hydrogen (secondary N) is 2. The summed E-state index contributed by atoms with van der Waals surface area (Å²) in [7, 11) is 1.56. The predicted molar refractivity (Wildman–Crippen MR) is 91.1 cm³/mol. The van der Waals surface area contributed by atoms with Crippen molar-refractivity contribution in [3.05, 3.63) is 43.2 Å². The van der Waals surface area contributed by atoms with E-state index in [-0.39, 0.29) is 5.75 Å². The molecule has 1 heterocycles. The number of rotatable bonds is 7.